The van der Waals surface area contributed by atoms with E-state index in [1.807, 2.05) is 0 Å². The third-order valence-corrected chi connectivity index (χ3v) is 2.63. The van der Waals surface area contributed by atoms with E-state index in [9.17, 15) is 15.0 Å². The van der Waals surface area contributed by atoms with E-state index < -0.39 is 29.7 Å². The molecule has 6 nitrogen and oxygen atoms in total. The molecule has 0 spiro atoms. The lowest BCUT2D eigenvalue weighted by Crippen LogP contribution is -2.38. The maximum absolute atomic E-state index is 11.6. The van der Waals surface area contributed by atoms with Crippen LogP contribution in [0.3, 0.4) is 0 Å². The van der Waals surface area contributed by atoms with Gasteiger partial charge in [0.25, 0.3) is 0 Å². The summed E-state index contributed by atoms with van der Waals surface area (Å²) in [6.07, 6.45) is -0.857. The van der Waals surface area contributed by atoms with E-state index in [1.165, 1.54) is 13.8 Å². The van der Waals surface area contributed by atoms with Crippen LogP contribution in [0.5, 0.6) is 0 Å². The molecule has 1 amide bonds. The molecule has 0 radical (unpaired) electrons. The largest absolute Gasteiger partial charge is 0.444 e. The molecular formula is C13H25NO5. The first-order valence-corrected chi connectivity index (χ1v) is 6.54. The molecular weight excluding hydrogens is 250 g/mol. The fourth-order valence-electron chi connectivity index (χ4n) is 2.07. The Balaban J connectivity index is 2.45. The van der Waals surface area contributed by atoms with Crippen LogP contribution in [-0.2, 0) is 9.47 Å². The quantitative estimate of drug-likeness (QED) is 0.672. The van der Waals surface area contributed by atoms with Gasteiger partial charge in [0, 0.05) is 6.04 Å². The van der Waals surface area contributed by atoms with Crippen LogP contribution in [0.1, 0.15) is 47.5 Å². The first kappa shape index (κ1) is 16.2. The van der Waals surface area contributed by atoms with Crippen LogP contribution in [0.2, 0.25) is 0 Å². The number of hydrogen-bond acceptors (Lipinski definition) is 5. The van der Waals surface area contributed by atoms with Crippen LogP contribution in [0.25, 0.3) is 0 Å². The van der Waals surface area contributed by atoms with Gasteiger partial charge in [-0.25, -0.2) is 4.79 Å². The number of hydrogen-bond donors (Lipinski definition) is 3. The highest BCUT2D eigenvalue weighted by molar-refractivity contribution is 5.68. The molecule has 1 saturated carbocycles. The molecule has 0 aromatic heterocycles. The van der Waals surface area contributed by atoms with Crippen molar-refractivity contribution in [1.29, 1.82) is 0 Å². The number of carbonyl (C=O) groups is 1. The third-order valence-electron chi connectivity index (χ3n) is 2.63. The van der Waals surface area contributed by atoms with Gasteiger partial charge in [-0.05, 0) is 47.5 Å². The van der Waals surface area contributed by atoms with Crippen molar-refractivity contribution >= 4 is 6.09 Å². The van der Waals surface area contributed by atoms with Crippen LogP contribution in [0.4, 0.5) is 4.79 Å². The van der Waals surface area contributed by atoms with Crippen molar-refractivity contribution in [3.05, 3.63) is 0 Å². The number of nitrogens with one attached hydrogen (secondary N) is 1. The van der Waals surface area contributed by atoms with E-state index in [-0.39, 0.29) is 6.04 Å². The summed E-state index contributed by atoms with van der Waals surface area (Å²) in [5.41, 5.74) is -0.551. The van der Waals surface area contributed by atoms with E-state index in [0.717, 1.165) is 0 Å². The summed E-state index contributed by atoms with van der Waals surface area (Å²) < 4.78 is 10.5. The minimum absolute atomic E-state index is 0.211. The van der Waals surface area contributed by atoms with Gasteiger partial charge in [0.15, 0.2) is 5.79 Å². The molecule has 3 unspecified atom stereocenters. The number of amides is 1. The summed E-state index contributed by atoms with van der Waals surface area (Å²) in [6.45, 7) is 8.38. The Morgan fingerprint density at radius 2 is 1.79 bits per heavy atom. The summed E-state index contributed by atoms with van der Waals surface area (Å²) >= 11 is 0. The van der Waals surface area contributed by atoms with Crippen LogP contribution in [-0.4, -0.2) is 45.9 Å². The Hall–Kier alpha value is -0.850. The molecule has 1 aliphatic rings. The van der Waals surface area contributed by atoms with Crippen LogP contribution in [0, 0.1) is 0 Å². The van der Waals surface area contributed by atoms with Gasteiger partial charge < -0.3 is 25.0 Å². The monoisotopic (exact) mass is 275 g/mol. The molecule has 0 heterocycles. The van der Waals surface area contributed by atoms with Crippen molar-refractivity contribution < 1.29 is 24.5 Å². The molecule has 0 aromatic rings. The summed E-state index contributed by atoms with van der Waals surface area (Å²) in [4.78, 5) is 11.6. The second-order valence-corrected chi connectivity index (χ2v) is 6.48. The molecule has 1 aliphatic carbocycles. The molecule has 0 bridgehead atoms. The van der Waals surface area contributed by atoms with Gasteiger partial charge in [-0.3, -0.25) is 0 Å². The van der Waals surface area contributed by atoms with Crippen molar-refractivity contribution in [3.8, 4) is 0 Å². The molecule has 0 saturated heterocycles. The van der Waals surface area contributed by atoms with E-state index in [2.05, 4.69) is 5.32 Å². The van der Waals surface area contributed by atoms with Gasteiger partial charge in [0.05, 0.1) is 12.2 Å². The topological polar surface area (TPSA) is 88.0 Å². The molecule has 112 valence electrons. The van der Waals surface area contributed by atoms with Gasteiger partial charge in [-0.15, -0.1) is 0 Å². The van der Waals surface area contributed by atoms with E-state index in [1.54, 1.807) is 20.8 Å². The maximum atomic E-state index is 11.6. The average Bonchev–Trinajstić information content (AvgIpc) is 2.39. The Labute approximate surface area is 114 Å². The molecule has 0 aliphatic heterocycles. The average molecular weight is 275 g/mol. The molecule has 0 aromatic carbocycles. The molecule has 1 rings (SSSR count). The standard InChI is InChI=1S/C13H25NO5/c1-12(2,3)19-11(16)14-8-6-9(15)10(7-8)18-13(4,5)17/h8-10,15,17H,6-7H2,1-5H3,(H,14,16). The summed E-state index contributed by atoms with van der Waals surface area (Å²) in [6, 6.07) is -0.211. The Morgan fingerprint density at radius 3 is 2.26 bits per heavy atom. The smallest absolute Gasteiger partial charge is 0.407 e. The minimum atomic E-state index is -1.30. The zero-order valence-electron chi connectivity index (χ0n) is 12.3. The Bertz CT molecular complexity index is 318. The molecule has 3 atom stereocenters. The lowest BCUT2D eigenvalue weighted by molar-refractivity contribution is -0.219. The lowest BCUT2D eigenvalue weighted by Gasteiger charge is -2.25. The van der Waals surface area contributed by atoms with Crippen molar-refractivity contribution in [1.82, 2.24) is 5.32 Å². The second kappa shape index (κ2) is 5.64. The van der Waals surface area contributed by atoms with Crippen molar-refractivity contribution in [2.24, 2.45) is 0 Å². The maximum Gasteiger partial charge on any atom is 0.407 e. The number of rotatable bonds is 3. The highest BCUT2D eigenvalue weighted by atomic mass is 16.6. The highest BCUT2D eigenvalue weighted by Crippen LogP contribution is 2.26. The number of ether oxygens (including phenoxy) is 2. The minimum Gasteiger partial charge on any atom is -0.444 e. The first-order valence-electron chi connectivity index (χ1n) is 6.54. The summed E-state index contributed by atoms with van der Waals surface area (Å²) in [5.74, 6) is -1.30. The third kappa shape index (κ3) is 6.22. The van der Waals surface area contributed by atoms with Gasteiger partial charge >= 0.3 is 6.09 Å². The van der Waals surface area contributed by atoms with Gasteiger partial charge in [0.1, 0.15) is 5.60 Å². The Morgan fingerprint density at radius 1 is 1.21 bits per heavy atom. The highest BCUT2D eigenvalue weighted by Gasteiger charge is 2.37. The van der Waals surface area contributed by atoms with Crippen molar-refractivity contribution in [2.45, 2.75) is 77.1 Å². The van der Waals surface area contributed by atoms with Crippen LogP contribution in [0.15, 0.2) is 0 Å². The molecule has 3 N–H and O–H groups in total. The van der Waals surface area contributed by atoms with Crippen LogP contribution >= 0.6 is 0 Å². The molecule has 19 heavy (non-hydrogen) atoms. The van der Waals surface area contributed by atoms with Gasteiger partial charge in [-0.2, -0.15) is 0 Å². The van der Waals surface area contributed by atoms with Crippen molar-refractivity contribution in [3.63, 3.8) is 0 Å². The number of aliphatic hydroxyl groups is 2. The zero-order chi connectivity index (χ0) is 14.8. The van der Waals surface area contributed by atoms with Crippen molar-refractivity contribution in [2.75, 3.05) is 0 Å². The Kier molecular flexibility index (Phi) is 4.81. The summed E-state index contributed by atoms with van der Waals surface area (Å²) in [5, 5.41) is 22.1. The summed E-state index contributed by atoms with van der Waals surface area (Å²) in [7, 11) is 0. The fourth-order valence-corrected chi connectivity index (χ4v) is 2.07. The molecule has 1 fully saturated rings. The number of carbonyl (C=O) groups excluding carboxylic acids is 1. The molecule has 6 heteroatoms. The van der Waals surface area contributed by atoms with Gasteiger partial charge in [0.2, 0.25) is 0 Å². The second-order valence-electron chi connectivity index (χ2n) is 6.48. The van der Waals surface area contributed by atoms with Gasteiger partial charge in [-0.1, -0.05) is 0 Å². The SMILES string of the molecule is CC(C)(C)OC(=O)NC1CC(O)C(OC(C)(C)O)C1. The van der Waals surface area contributed by atoms with E-state index in [0.29, 0.717) is 12.8 Å². The lowest BCUT2D eigenvalue weighted by atomic mass is 10.2. The predicted octanol–water partition coefficient (Wildman–Crippen LogP) is 1.15. The number of alkyl carbamates (subject to hydrolysis) is 1. The number of aliphatic hydroxyl groups excluding tert-OH is 1. The normalized spacial score (nSPS) is 28.3. The zero-order valence-corrected chi connectivity index (χ0v) is 12.3. The fraction of sp³-hybridized carbons (Fsp3) is 0.923. The van der Waals surface area contributed by atoms with E-state index in [4.69, 9.17) is 9.47 Å². The van der Waals surface area contributed by atoms with E-state index >= 15 is 0 Å². The first-order chi connectivity index (χ1) is 8.46. The van der Waals surface area contributed by atoms with Crippen LogP contribution < -0.4 is 5.32 Å². The predicted molar refractivity (Wildman–Crippen MR) is 69.6 cm³/mol.